The summed E-state index contributed by atoms with van der Waals surface area (Å²) in [6.45, 7) is 3.42. The second-order valence-corrected chi connectivity index (χ2v) is 9.15. The molecule has 9 nitrogen and oxygen atoms in total. The standard InChI is InChI=1S/C19H20F3N5O4S/c20-19(21,22)31-14-3-4-16-15(13-14)17(28)27(32(16,29)30)8-2-7-25-9-11-26(12-10-25)18-23-5-1-6-24-18/h1,3-6,13H,2,7-12H2. The Balaban J connectivity index is 1.33. The van der Waals surface area contributed by atoms with Crippen LogP contribution >= 0.6 is 0 Å². The van der Waals surface area contributed by atoms with Gasteiger partial charge in [0, 0.05) is 51.7 Å². The van der Waals surface area contributed by atoms with Crippen molar-refractivity contribution in [2.45, 2.75) is 17.7 Å². The van der Waals surface area contributed by atoms with Crippen molar-refractivity contribution in [3.05, 3.63) is 42.2 Å². The van der Waals surface area contributed by atoms with Crippen LogP contribution in [-0.4, -0.2) is 79.1 Å². The molecular weight excluding hydrogens is 451 g/mol. The molecule has 2 aliphatic rings. The number of rotatable bonds is 6. The Morgan fingerprint density at radius 2 is 1.72 bits per heavy atom. The van der Waals surface area contributed by atoms with Gasteiger partial charge in [-0.2, -0.15) is 0 Å². The molecule has 0 saturated carbocycles. The second-order valence-electron chi connectivity index (χ2n) is 7.32. The van der Waals surface area contributed by atoms with E-state index in [4.69, 9.17) is 0 Å². The molecule has 1 saturated heterocycles. The number of halogens is 3. The van der Waals surface area contributed by atoms with Gasteiger partial charge in [0.15, 0.2) is 0 Å². The largest absolute Gasteiger partial charge is 0.573 e. The highest BCUT2D eigenvalue weighted by Gasteiger charge is 2.42. The average molecular weight is 471 g/mol. The number of ether oxygens (including phenoxy) is 1. The lowest BCUT2D eigenvalue weighted by Crippen LogP contribution is -2.47. The van der Waals surface area contributed by atoms with Gasteiger partial charge in [0.05, 0.1) is 5.56 Å². The van der Waals surface area contributed by atoms with Crippen LogP contribution in [0.5, 0.6) is 5.75 Å². The van der Waals surface area contributed by atoms with Crippen molar-refractivity contribution in [1.82, 2.24) is 19.2 Å². The van der Waals surface area contributed by atoms with Crippen molar-refractivity contribution in [3.8, 4) is 5.75 Å². The first-order valence-corrected chi connectivity index (χ1v) is 11.3. The predicted octanol–water partition coefficient (Wildman–Crippen LogP) is 1.73. The molecule has 1 amide bonds. The maximum atomic E-state index is 12.7. The maximum absolute atomic E-state index is 12.7. The number of alkyl halides is 3. The van der Waals surface area contributed by atoms with E-state index in [0.29, 0.717) is 23.2 Å². The third-order valence-electron chi connectivity index (χ3n) is 5.25. The van der Waals surface area contributed by atoms with E-state index < -0.39 is 28.0 Å². The molecule has 1 fully saturated rings. The molecule has 2 aliphatic heterocycles. The van der Waals surface area contributed by atoms with Crippen LogP contribution in [0.4, 0.5) is 19.1 Å². The zero-order chi connectivity index (χ0) is 22.9. The van der Waals surface area contributed by atoms with E-state index in [0.717, 1.165) is 44.4 Å². The Hall–Kier alpha value is -2.93. The molecule has 4 rings (SSSR count). The first-order valence-electron chi connectivity index (χ1n) is 9.86. The molecule has 0 atom stereocenters. The summed E-state index contributed by atoms with van der Waals surface area (Å²) in [5.74, 6) is -0.826. The number of aromatic nitrogens is 2. The van der Waals surface area contributed by atoms with Gasteiger partial charge in [-0.05, 0) is 30.7 Å². The Morgan fingerprint density at radius 1 is 1.03 bits per heavy atom. The molecule has 0 bridgehead atoms. The average Bonchev–Trinajstić information content (AvgIpc) is 2.94. The third kappa shape index (κ3) is 4.63. The number of hydrogen-bond acceptors (Lipinski definition) is 8. The molecule has 172 valence electrons. The monoisotopic (exact) mass is 471 g/mol. The van der Waals surface area contributed by atoms with E-state index in [1.165, 1.54) is 0 Å². The number of fused-ring (bicyclic) bond motifs is 1. The van der Waals surface area contributed by atoms with Gasteiger partial charge < -0.3 is 9.64 Å². The zero-order valence-electron chi connectivity index (χ0n) is 16.8. The SMILES string of the molecule is O=C1c2cc(OC(F)(F)F)ccc2S(=O)(=O)N1CCCN1CCN(c2ncccn2)CC1. The number of hydrogen-bond donors (Lipinski definition) is 0. The molecule has 1 aromatic carbocycles. The second kappa shape index (κ2) is 8.54. The summed E-state index contributed by atoms with van der Waals surface area (Å²) in [4.78, 5) is 24.9. The van der Waals surface area contributed by atoms with E-state index in [1.807, 2.05) is 0 Å². The molecule has 0 spiro atoms. The lowest BCUT2D eigenvalue weighted by Gasteiger charge is -2.34. The van der Waals surface area contributed by atoms with Crippen LogP contribution in [0.25, 0.3) is 0 Å². The van der Waals surface area contributed by atoms with E-state index >= 15 is 0 Å². The number of amides is 1. The smallest absolute Gasteiger partial charge is 0.406 e. The Morgan fingerprint density at radius 3 is 2.38 bits per heavy atom. The zero-order valence-corrected chi connectivity index (χ0v) is 17.6. The number of anilines is 1. The van der Waals surface area contributed by atoms with E-state index in [9.17, 15) is 26.4 Å². The van der Waals surface area contributed by atoms with Crippen molar-refractivity contribution in [2.24, 2.45) is 0 Å². The number of piperazine rings is 1. The molecule has 0 N–H and O–H groups in total. The number of carbonyl (C=O) groups excluding carboxylic acids is 1. The minimum absolute atomic E-state index is 0.0622. The highest BCUT2D eigenvalue weighted by molar-refractivity contribution is 7.90. The topological polar surface area (TPSA) is 95.9 Å². The van der Waals surface area contributed by atoms with Crippen LogP contribution in [0.2, 0.25) is 0 Å². The summed E-state index contributed by atoms with van der Waals surface area (Å²) in [5, 5.41) is 0. The third-order valence-corrected chi connectivity index (χ3v) is 7.09. The molecule has 0 unspecified atom stereocenters. The van der Waals surface area contributed by atoms with Crippen molar-refractivity contribution in [1.29, 1.82) is 0 Å². The van der Waals surface area contributed by atoms with Gasteiger partial charge in [0.2, 0.25) is 5.95 Å². The Kier molecular flexibility index (Phi) is 5.95. The summed E-state index contributed by atoms with van der Waals surface area (Å²) >= 11 is 0. The molecule has 32 heavy (non-hydrogen) atoms. The van der Waals surface area contributed by atoms with Crippen LogP contribution in [-0.2, 0) is 10.0 Å². The van der Waals surface area contributed by atoms with Gasteiger partial charge in [-0.15, -0.1) is 13.2 Å². The fourth-order valence-corrected chi connectivity index (χ4v) is 5.33. The summed E-state index contributed by atoms with van der Waals surface area (Å²) in [5.41, 5.74) is -0.316. The van der Waals surface area contributed by atoms with Crippen LogP contribution in [0.3, 0.4) is 0 Å². The van der Waals surface area contributed by atoms with Crippen LogP contribution < -0.4 is 9.64 Å². The van der Waals surface area contributed by atoms with E-state index in [1.54, 1.807) is 18.5 Å². The van der Waals surface area contributed by atoms with Crippen molar-refractivity contribution < 1.29 is 31.1 Å². The predicted molar refractivity (Wildman–Crippen MR) is 107 cm³/mol. The summed E-state index contributed by atoms with van der Waals surface area (Å²) in [6, 6.07) is 4.41. The Labute approximate surface area is 182 Å². The first kappa shape index (κ1) is 22.3. The molecule has 2 aromatic rings. The Bertz CT molecular complexity index is 1090. The summed E-state index contributed by atoms with van der Waals surface area (Å²) < 4.78 is 67.2. The van der Waals surface area contributed by atoms with Crippen molar-refractivity contribution in [3.63, 3.8) is 0 Å². The van der Waals surface area contributed by atoms with Crippen molar-refractivity contribution in [2.75, 3.05) is 44.2 Å². The molecule has 3 heterocycles. The number of sulfonamides is 1. The maximum Gasteiger partial charge on any atom is 0.573 e. The van der Waals surface area contributed by atoms with E-state index in [2.05, 4.69) is 24.5 Å². The number of nitrogens with zero attached hydrogens (tertiary/aromatic N) is 5. The normalized spacial score (nSPS) is 18.7. The highest BCUT2D eigenvalue weighted by atomic mass is 32.2. The van der Waals surface area contributed by atoms with Gasteiger partial charge in [-0.3, -0.25) is 9.69 Å². The molecular formula is C19H20F3N5O4S. The van der Waals surface area contributed by atoms with Gasteiger partial charge in [-0.25, -0.2) is 22.7 Å². The van der Waals surface area contributed by atoms with Crippen LogP contribution in [0.1, 0.15) is 16.8 Å². The summed E-state index contributed by atoms with van der Waals surface area (Å²) in [7, 11) is -4.10. The molecule has 0 aliphatic carbocycles. The molecule has 1 aromatic heterocycles. The summed E-state index contributed by atoms with van der Waals surface area (Å²) in [6.07, 6.45) is -1.19. The fraction of sp³-hybridized carbons (Fsp3) is 0.421. The highest BCUT2D eigenvalue weighted by Crippen LogP contribution is 2.34. The fourth-order valence-electron chi connectivity index (χ4n) is 3.75. The van der Waals surface area contributed by atoms with Gasteiger partial charge in [0.25, 0.3) is 15.9 Å². The van der Waals surface area contributed by atoms with Crippen LogP contribution in [0.15, 0.2) is 41.6 Å². The first-order chi connectivity index (χ1) is 15.1. The number of carbonyl (C=O) groups is 1. The van der Waals surface area contributed by atoms with E-state index in [-0.39, 0.29) is 17.0 Å². The lowest BCUT2D eigenvalue weighted by atomic mass is 10.2. The molecule has 13 heteroatoms. The minimum Gasteiger partial charge on any atom is -0.406 e. The lowest BCUT2D eigenvalue weighted by molar-refractivity contribution is -0.274. The van der Waals surface area contributed by atoms with Gasteiger partial charge in [0.1, 0.15) is 10.6 Å². The van der Waals surface area contributed by atoms with Crippen LogP contribution in [0, 0.1) is 0 Å². The van der Waals surface area contributed by atoms with Gasteiger partial charge >= 0.3 is 6.36 Å². The van der Waals surface area contributed by atoms with Crippen molar-refractivity contribution >= 4 is 21.9 Å². The number of benzene rings is 1. The quantitative estimate of drug-likeness (QED) is 0.629. The van der Waals surface area contributed by atoms with Gasteiger partial charge in [-0.1, -0.05) is 0 Å². The molecule has 0 radical (unpaired) electrons. The minimum atomic E-state index is -4.94.